The number of hydrogen-bond donors (Lipinski definition) is 1. The number of pyridine rings is 1. The van der Waals surface area contributed by atoms with E-state index in [4.69, 9.17) is 14.2 Å². The van der Waals surface area contributed by atoms with Crippen LogP contribution in [0, 0.1) is 5.92 Å². The second-order valence-electron chi connectivity index (χ2n) is 10.3. The van der Waals surface area contributed by atoms with Gasteiger partial charge in [-0.1, -0.05) is 6.07 Å². The fourth-order valence-electron chi connectivity index (χ4n) is 5.55. The number of nitrogens with one attached hydrogen (secondary N) is 1. The largest absolute Gasteiger partial charge is 0.497 e. The van der Waals surface area contributed by atoms with Crippen LogP contribution in [0.2, 0.25) is 0 Å². The Morgan fingerprint density at radius 3 is 2.45 bits per heavy atom. The molecule has 0 saturated carbocycles. The fraction of sp³-hybridized carbons (Fsp3) is 0.290. The number of methoxy groups -OCH3 is 2. The van der Waals surface area contributed by atoms with Gasteiger partial charge in [0.05, 0.1) is 18.7 Å². The van der Waals surface area contributed by atoms with Crippen LogP contribution >= 0.6 is 15.9 Å². The number of likely N-dealkylation sites (tertiary alicyclic amines) is 1. The number of carbonyl (C=O) groups excluding carboxylic acids is 3. The van der Waals surface area contributed by atoms with Crippen molar-refractivity contribution in [3.05, 3.63) is 91.9 Å². The van der Waals surface area contributed by atoms with Crippen molar-refractivity contribution in [2.24, 2.45) is 5.92 Å². The smallest absolute Gasteiger partial charge is 0.308 e. The molecule has 0 spiro atoms. The molecule has 1 aromatic heterocycles. The predicted octanol–water partition coefficient (Wildman–Crippen LogP) is 3.97. The molecule has 2 unspecified atom stereocenters. The normalized spacial score (nSPS) is 17.6. The predicted molar refractivity (Wildman–Crippen MR) is 159 cm³/mol. The molecule has 2 amide bonds. The lowest BCUT2D eigenvalue weighted by molar-refractivity contribution is -0.132. The molecule has 3 aromatic rings. The Kier molecular flexibility index (Phi) is 8.49. The molecule has 1 fully saturated rings. The van der Waals surface area contributed by atoms with Gasteiger partial charge >= 0.3 is 5.97 Å². The molecule has 218 valence electrons. The van der Waals surface area contributed by atoms with Crippen molar-refractivity contribution in [3.63, 3.8) is 0 Å². The fourth-order valence-corrected chi connectivity index (χ4v) is 6.09. The molecule has 5 rings (SSSR count). The molecule has 42 heavy (non-hydrogen) atoms. The summed E-state index contributed by atoms with van der Waals surface area (Å²) in [6.07, 6.45) is 2.45. The molecule has 1 N–H and O–H groups in total. The number of esters is 1. The number of benzene rings is 2. The van der Waals surface area contributed by atoms with Gasteiger partial charge in [-0.3, -0.25) is 19.2 Å². The number of aromatic nitrogens is 1. The Balaban J connectivity index is 1.49. The van der Waals surface area contributed by atoms with Gasteiger partial charge in [0, 0.05) is 49.8 Å². The molecule has 3 heterocycles. The highest BCUT2D eigenvalue weighted by molar-refractivity contribution is 9.10. The maximum absolute atomic E-state index is 14.1. The van der Waals surface area contributed by atoms with E-state index in [0.29, 0.717) is 41.0 Å². The number of carbonyl (C=O) groups is 3. The number of ether oxygens (including phenoxy) is 3. The van der Waals surface area contributed by atoms with Gasteiger partial charge in [-0.2, -0.15) is 0 Å². The van der Waals surface area contributed by atoms with Crippen molar-refractivity contribution in [3.8, 4) is 17.2 Å². The monoisotopic (exact) mass is 635 g/mol. The molecule has 2 atom stereocenters. The standard InChI is InChI=1S/C31H30BrN3O7/c1-18(36)42-29-24(32)12-19(14-27(29)41-3)13-25(33-30(38)21-7-9-23(40-2)10-8-21)31(39)34-15-20-11-22(17-34)26-5-4-6-28(37)35(26)16-20/h4-10,12-14,20,22H,11,15-17H2,1-3H3,(H,33,38)/b25-13-. The highest BCUT2D eigenvalue weighted by Gasteiger charge is 2.37. The number of rotatable bonds is 7. The van der Waals surface area contributed by atoms with Gasteiger partial charge in [0.2, 0.25) is 0 Å². The average molecular weight is 636 g/mol. The topological polar surface area (TPSA) is 116 Å². The third-order valence-electron chi connectivity index (χ3n) is 7.41. The van der Waals surface area contributed by atoms with Crippen LogP contribution in [0.3, 0.4) is 0 Å². The Bertz CT molecular complexity index is 1630. The van der Waals surface area contributed by atoms with Crippen molar-refractivity contribution >= 4 is 39.8 Å². The minimum absolute atomic E-state index is 0.00569. The molecular formula is C31H30BrN3O7. The minimum atomic E-state index is -0.514. The zero-order chi connectivity index (χ0) is 30.0. The van der Waals surface area contributed by atoms with Crippen molar-refractivity contribution in [2.45, 2.75) is 25.8 Å². The minimum Gasteiger partial charge on any atom is -0.497 e. The lowest BCUT2D eigenvalue weighted by Gasteiger charge is -2.43. The summed E-state index contributed by atoms with van der Waals surface area (Å²) in [6, 6.07) is 15.1. The maximum Gasteiger partial charge on any atom is 0.308 e. The second-order valence-corrected chi connectivity index (χ2v) is 11.1. The molecule has 10 nitrogen and oxygen atoms in total. The van der Waals surface area contributed by atoms with Crippen LogP contribution in [0.25, 0.3) is 6.08 Å². The number of halogens is 1. The first kappa shape index (κ1) is 29.1. The first-order chi connectivity index (χ1) is 20.2. The van der Waals surface area contributed by atoms with Crippen LogP contribution in [0.4, 0.5) is 0 Å². The van der Waals surface area contributed by atoms with E-state index in [-0.39, 0.29) is 40.5 Å². The molecular weight excluding hydrogens is 606 g/mol. The summed E-state index contributed by atoms with van der Waals surface area (Å²) in [5.74, 6) is -0.140. The average Bonchev–Trinajstić information content (AvgIpc) is 2.98. The van der Waals surface area contributed by atoms with E-state index >= 15 is 0 Å². The van der Waals surface area contributed by atoms with E-state index in [9.17, 15) is 19.2 Å². The molecule has 2 aliphatic heterocycles. The van der Waals surface area contributed by atoms with Crippen LogP contribution in [0.1, 0.15) is 40.9 Å². The van der Waals surface area contributed by atoms with E-state index in [1.165, 1.54) is 21.1 Å². The molecule has 1 saturated heterocycles. The van der Waals surface area contributed by atoms with Gasteiger partial charge in [0.25, 0.3) is 17.4 Å². The van der Waals surface area contributed by atoms with Crippen LogP contribution in [-0.2, 0) is 16.1 Å². The van der Waals surface area contributed by atoms with Gasteiger partial charge < -0.3 is 29.0 Å². The van der Waals surface area contributed by atoms with E-state index in [0.717, 1.165) is 12.1 Å². The van der Waals surface area contributed by atoms with Crippen molar-refractivity contribution in [1.29, 1.82) is 0 Å². The van der Waals surface area contributed by atoms with Crippen LogP contribution < -0.4 is 25.1 Å². The quantitative estimate of drug-likeness (QED) is 0.237. The third-order valence-corrected chi connectivity index (χ3v) is 8.00. The van der Waals surface area contributed by atoms with E-state index in [1.807, 2.05) is 6.07 Å². The van der Waals surface area contributed by atoms with Gasteiger partial charge in [-0.05, 0) is 82.4 Å². The molecule has 0 radical (unpaired) electrons. The summed E-state index contributed by atoms with van der Waals surface area (Å²) in [5.41, 5.74) is 1.82. The van der Waals surface area contributed by atoms with Gasteiger partial charge in [-0.15, -0.1) is 0 Å². The van der Waals surface area contributed by atoms with Crippen molar-refractivity contribution in [1.82, 2.24) is 14.8 Å². The zero-order valence-electron chi connectivity index (χ0n) is 23.4. The summed E-state index contributed by atoms with van der Waals surface area (Å²) in [5, 5.41) is 2.81. The number of nitrogens with zero attached hydrogens (tertiary/aromatic N) is 2. The Morgan fingerprint density at radius 1 is 1.00 bits per heavy atom. The Hall–Kier alpha value is -4.38. The van der Waals surface area contributed by atoms with Crippen molar-refractivity contribution in [2.75, 3.05) is 27.3 Å². The van der Waals surface area contributed by atoms with E-state index in [2.05, 4.69) is 21.2 Å². The summed E-state index contributed by atoms with van der Waals surface area (Å²) >= 11 is 3.42. The van der Waals surface area contributed by atoms with E-state index in [1.54, 1.807) is 64.1 Å². The Morgan fingerprint density at radius 2 is 1.76 bits per heavy atom. The molecule has 11 heteroatoms. The summed E-state index contributed by atoms with van der Waals surface area (Å²) in [6.45, 7) is 2.68. The number of piperidine rings is 1. The van der Waals surface area contributed by atoms with Crippen LogP contribution in [0.5, 0.6) is 17.2 Å². The van der Waals surface area contributed by atoms with E-state index < -0.39 is 11.9 Å². The molecule has 2 aliphatic rings. The first-order valence-electron chi connectivity index (χ1n) is 13.4. The second kappa shape index (κ2) is 12.2. The highest BCUT2D eigenvalue weighted by atomic mass is 79.9. The Labute approximate surface area is 251 Å². The lowest BCUT2D eigenvalue weighted by Crippen LogP contribution is -2.50. The molecule has 2 bridgehead atoms. The lowest BCUT2D eigenvalue weighted by atomic mass is 9.83. The van der Waals surface area contributed by atoms with Gasteiger partial charge in [0.15, 0.2) is 11.5 Å². The number of hydrogen-bond acceptors (Lipinski definition) is 7. The van der Waals surface area contributed by atoms with Crippen molar-refractivity contribution < 1.29 is 28.6 Å². The van der Waals surface area contributed by atoms with Crippen LogP contribution in [-0.4, -0.2) is 54.6 Å². The molecule has 0 aliphatic carbocycles. The number of amides is 2. The summed E-state index contributed by atoms with van der Waals surface area (Å²) in [4.78, 5) is 53.2. The SMILES string of the molecule is COc1ccc(C(=O)N/C(=C\c2cc(Br)c(OC(C)=O)c(OC)c2)C(=O)N2CC3CC(C2)c2cccc(=O)n2C3)cc1. The first-order valence-corrected chi connectivity index (χ1v) is 14.2. The highest BCUT2D eigenvalue weighted by Crippen LogP contribution is 2.38. The summed E-state index contributed by atoms with van der Waals surface area (Å²) in [7, 11) is 2.98. The van der Waals surface area contributed by atoms with Crippen LogP contribution in [0.15, 0.2) is 69.6 Å². The summed E-state index contributed by atoms with van der Waals surface area (Å²) < 4.78 is 18.1. The maximum atomic E-state index is 14.1. The van der Waals surface area contributed by atoms with Gasteiger partial charge in [-0.25, -0.2) is 0 Å². The number of fused-ring (bicyclic) bond motifs is 4. The van der Waals surface area contributed by atoms with Gasteiger partial charge in [0.1, 0.15) is 11.4 Å². The zero-order valence-corrected chi connectivity index (χ0v) is 25.0. The molecule has 2 aromatic carbocycles. The third kappa shape index (κ3) is 6.11.